The topological polar surface area (TPSA) is 38.3 Å². The summed E-state index contributed by atoms with van der Waals surface area (Å²) in [5.41, 5.74) is 2.87. The maximum atomic E-state index is 12.2. The van der Waals surface area contributed by atoms with Gasteiger partial charge in [-0.3, -0.25) is 4.79 Å². The summed E-state index contributed by atoms with van der Waals surface area (Å²) in [6.45, 7) is 1.35. The molecular weight excluding hydrogens is 250 g/mol. The van der Waals surface area contributed by atoms with Crippen molar-refractivity contribution in [1.82, 2.24) is 5.32 Å². The summed E-state index contributed by atoms with van der Waals surface area (Å²) in [6, 6.07) is 17.9. The Balaban J connectivity index is 1.78. The zero-order chi connectivity index (χ0) is 13.8. The molecule has 0 spiro atoms. The van der Waals surface area contributed by atoms with Gasteiger partial charge >= 0.3 is 0 Å². The van der Waals surface area contributed by atoms with Crippen LogP contribution in [0.5, 0.6) is 0 Å². The molecule has 1 saturated heterocycles. The fourth-order valence-corrected chi connectivity index (χ4v) is 2.39. The minimum absolute atomic E-state index is 0.0294. The van der Waals surface area contributed by atoms with Crippen molar-refractivity contribution >= 4 is 5.91 Å². The number of rotatable bonds is 3. The van der Waals surface area contributed by atoms with E-state index in [-0.39, 0.29) is 11.9 Å². The van der Waals surface area contributed by atoms with Crippen molar-refractivity contribution in [3.63, 3.8) is 0 Å². The van der Waals surface area contributed by atoms with Crippen LogP contribution in [0, 0.1) is 0 Å². The molecule has 0 aliphatic carbocycles. The van der Waals surface area contributed by atoms with E-state index in [0.717, 1.165) is 24.2 Å². The van der Waals surface area contributed by atoms with E-state index in [4.69, 9.17) is 4.74 Å². The second kappa shape index (κ2) is 5.88. The maximum absolute atomic E-state index is 12.2. The second-order valence-electron chi connectivity index (χ2n) is 4.98. The Labute approximate surface area is 118 Å². The normalized spacial score (nSPS) is 17.9. The first-order valence-corrected chi connectivity index (χ1v) is 6.87. The molecule has 1 amide bonds. The Morgan fingerprint density at radius 1 is 1.05 bits per heavy atom. The average molecular weight is 267 g/mol. The number of hydrogen-bond acceptors (Lipinski definition) is 2. The van der Waals surface area contributed by atoms with Crippen molar-refractivity contribution in [3.05, 3.63) is 60.2 Å². The van der Waals surface area contributed by atoms with Gasteiger partial charge in [0.15, 0.2) is 0 Å². The Morgan fingerprint density at radius 2 is 1.85 bits per heavy atom. The van der Waals surface area contributed by atoms with Gasteiger partial charge in [-0.15, -0.1) is 0 Å². The maximum Gasteiger partial charge on any atom is 0.251 e. The highest BCUT2D eigenvalue weighted by Crippen LogP contribution is 2.20. The first-order chi connectivity index (χ1) is 9.83. The van der Waals surface area contributed by atoms with E-state index in [1.54, 1.807) is 0 Å². The van der Waals surface area contributed by atoms with Crippen molar-refractivity contribution in [3.8, 4) is 11.1 Å². The molecule has 1 aliphatic rings. The van der Waals surface area contributed by atoms with Gasteiger partial charge in [0.25, 0.3) is 5.91 Å². The van der Waals surface area contributed by atoms with E-state index in [1.165, 1.54) is 0 Å². The van der Waals surface area contributed by atoms with E-state index in [9.17, 15) is 4.79 Å². The first kappa shape index (κ1) is 12.9. The van der Waals surface area contributed by atoms with E-state index < -0.39 is 0 Å². The van der Waals surface area contributed by atoms with Gasteiger partial charge in [0.05, 0.1) is 12.6 Å². The lowest BCUT2D eigenvalue weighted by molar-refractivity contribution is 0.0930. The highest BCUT2D eigenvalue weighted by molar-refractivity contribution is 5.95. The number of ether oxygens (including phenoxy) is 1. The lowest BCUT2D eigenvalue weighted by Crippen LogP contribution is -2.34. The standard InChI is InChI=1S/C17H17NO2/c19-17(18-16-9-10-20-12-16)15-8-4-7-14(11-15)13-5-2-1-3-6-13/h1-8,11,16H,9-10,12H2,(H,18,19). The molecule has 1 heterocycles. The van der Waals surface area contributed by atoms with Crippen molar-refractivity contribution in [2.75, 3.05) is 13.2 Å². The van der Waals surface area contributed by atoms with Crippen LogP contribution in [0.25, 0.3) is 11.1 Å². The van der Waals surface area contributed by atoms with Gasteiger partial charge < -0.3 is 10.1 Å². The number of benzene rings is 2. The first-order valence-electron chi connectivity index (χ1n) is 6.87. The highest BCUT2D eigenvalue weighted by Gasteiger charge is 2.18. The quantitative estimate of drug-likeness (QED) is 0.928. The van der Waals surface area contributed by atoms with Gasteiger partial charge in [-0.25, -0.2) is 0 Å². The molecule has 1 atom stereocenters. The number of hydrogen-bond donors (Lipinski definition) is 1. The second-order valence-corrected chi connectivity index (χ2v) is 4.98. The summed E-state index contributed by atoms with van der Waals surface area (Å²) in [5.74, 6) is -0.0294. The molecule has 1 aliphatic heterocycles. The molecule has 0 radical (unpaired) electrons. The Morgan fingerprint density at radius 3 is 2.60 bits per heavy atom. The molecule has 0 bridgehead atoms. The molecule has 1 unspecified atom stereocenters. The van der Waals surface area contributed by atoms with Crippen LogP contribution in [0.15, 0.2) is 54.6 Å². The number of carbonyl (C=O) groups is 1. The summed E-state index contributed by atoms with van der Waals surface area (Å²) in [5, 5.41) is 3.01. The van der Waals surface area contributed by atoms with Crippen LogP contribution in [-0.4, -0.2) is 25.2 Å². The Bertz CT molecular complexity index is 589. The van der Waals surface area contributed by atoms with Gasteiger partial charge in [0.2, 0.25) is 0 Å². The molecule has 20 heavy (non-hydrogen) atoms. The molecule has 1 N–H and O–H groups in total. The van der Waals surface area contributed by atoms with Gasteiger partial charge in [-0.2, -0.15) is 0 Å². The van der Waals surface area contributed by atoms with Crippen molar-refractivity contribution in [2.24, 2.45) is 0 Å². The van der Waals surface area contributed by atoms with E-state index in [1.807, 2.05) is 54.6 Å². The SMILES string of the molecule is O=C(NC1CCOC1)c1cccc(-c2ccccc2)c1. The van der Waals surface area contributed by atoms with Crippen LogP contribution in [0.3, 0.4) is 0 Å². The van der Waals surface area contributed by atoms with E-state index >= 15 is 0 Å². The van der Waals surface area contributed by atoms with Gasteiger partial charge in [-0.05, 0) is 29.7 Å². The summed E-state index contributed by atoms with van der Waals surface area (Å²) in [6.07, 6.45) is 0.893. The van der Waals surface area contributed by atoms with Gasteiger partial charge in [0, 0.05) is 12.2 Å². The van der Waals surface area contributed by atoms with Crippen molar-refractivity contribution in [2.45, 2.75) is 12.5 Å². The molecule has 3 heteroatoms. The smallest absolute Gasteiger partial charge is 0.251 e. The average Bonchev–Trinajstić information content (AvgIpc) is 3.01. The van der Waals surface area contributed by atoms with E-state index in [0.29, 0.717) is 12.2 Å². The third-order valence-corrected chi connectivity index (χ3v) is 3.50. The monoisotopic (exact) mass is 267 g/mol. The van der Waals surface area contributed by atoms with Crippen LogP contribution in [-0.2, 0) is 4.74 Å². The molecule has 3 rings (SSSR count). The zero-order valence-corrected chi connectivity index (χ0v) is 11.2. The lowest BCUT2D eigenvalue weighted by Gasteiger charge is -2.11. The Hall–Kier alpha value is -2.13. The third kappa shape index (κ3) is 2.89. The van der Waals surface area contributed by atoms with Crippen LogP contribution in [0.2, 0.25) is 0 Å². The van der Waals surface area contributed by atoms with Gasteiger partial charge in [0.1, 0.15) is 0 Å². The highest BCUT2D eigenvalue weighted by atomic mass is 16.5. The minimum Gasteiger partial charge on any atom is -0.379 e. The van der Waals surface area contributed by atoms with Crippen LogP contribution in [0.4, 0.5) is 0 Å². The van der Waals surface area contributed by atoms with Crippen LogP contribution in [0.1, 0.15) is 16.8 Å². The zero-order valence-electron chi connectivity index (χ0n) is 11.2. The fourth-order valence-electron chi connectivity index (χ4n) is 2.39. The summed E-state index contributed by atoms with van der Waals surface area (Å²) < 4.78 is 5.27. The largest absolute Gasteiger partial charge is 0.379 e. The predicted molar refractivity (Wildman–Crippen MR) is 78.6 cm³/mol. The predicted octanol–water partition coefficient (Wildman–Crippen LogP) is 2.87. The van der Waals surface area contributed by atoms with E-state index in [2.05, 4.69) is 5.32 Å². The minimum atomic E-state index is -0.0294. The number of carbonyl (C=O) groups excluding carboxylic acids is 1. The molecule has 0 aromatic heterocycles. The summed E-state index contributed by atoms with van der Waals surface area (Å²) in [7, 11) is 0. The third-order valence-electron chi connectivity index (χ3n) is 3.50. The molecule has 102 valence electrons. The van der Waals surface area contributed by atoms with Crippen molar-refractivity contribution in [1.29, 1.82) is 0 Å². The molecule has 1 fully saturated rings. The molecule has 0 saturated carbocycles. The molecule has 3 nitrogen and oxygen atoms in total. The summed E-state index contributed by atoms with van der Waals surface area (Å²) >= 11 is 0. The Kier molecular flexibility index (Phi) is 3.79. The van der Waals surface area contributed by atoms with Crippen LogP contribution < -0.4 is 5.32 Å². The summed E-state index contributed by atoms with van der Waals surface area (Å²) in [4.78, 5) is 12.2. The van der Waals surface area contributed by atoms with Crippen molar-refractivity contribution < 1.29 is 9.53 Å². The number of nitrogens with one attached hydrogen (secondary N) is 1. The number of amides is 1. The molecular formula is C17H17NO2. The van der Waals surface area contributed by atoms with Gasteiger partial charge in [-0.1, -0.05) is 42.5 Å². The fraction of sp³-hybridized carbons (Fsp3) is 0.235. The lowest BCUT2D eigenvalue weighted by atomic mass is 10.0. The van der Waals surface area contributed by atoms with Crippen LogP contribution >= 0.6 is 0 Å². The molecule has 2 aromatic rings. The molecule has 2 aromatic carbocycles.